The normalized spacial score (nSPS) is 16.0. The number of nitrogens with zero attached hydrogens (tertiary/aromatic N) is 1. The Morgan fingerprint density at radius 1 is 1.13 bits per heavy atom. The highest BCUT2D eigenvalue weighted by atomic mass is 16.2. The van der Waals surface area contributed by atoms with Crippen LogP contribution in [0.5, 0.6) is 0 Å². The highest BCUT2D eigenvalue weighted by Crippen LogP contribution is 2.13. The smallest absolute Gasteiger partial charge is 0.321 e. The van der Waals surface area contributed by atoms with Crippen molar-refractivity contribution in [3.05, 3.63) is 54.6 Å². The molecule has 23 heavy (non-hydrogen) atoms. The number of anilines is 1. The monoisotopic (exact) mass is 313 g/mol. The van der Waals surface area contributed by atoms with Gasteiger partial charge in [0, 0.05) is 30.9 Å². The summed E-state index contributed by atoms with van der Waals surface area (Å²) in [7, 11) is 0. The first kappa shape index (κ1) is 16.8. The van der Waals surface area contributed by atoms with Crippen LogP contribution in [0.25, 0.3) is 0 Å². The number of urea groups is 1. The van der Waals surface area contributed by atoms with Crippen LogP contribution in [0.15, 0.2) is 54.6 Å². The van der Waals surface area contributed by atoms with Crippen molar-refractivity contribution in [2.24, 2.45) is 0 Å². The molecule has 1 aromatic rings. The second-order valence-corrected chi connectivity index (χ2v) is 5.45. The van der Waals surface area contributed by atoms with Crippen LogP contribution in [0.3, 0.4) is 0 Å². The Balaban J connectivity index is 1.75. The van der Waals surface area contributed by atoms with Crippen LogP contribution in [-0.2, 0) is 4.79 Å². The standard InChI is InChI=1S/C18H23N3O2/c1-2-3-5-10-17(22)19-16-11-13-21(14-12-16)18(23)20-15-8-6-4-7-9-15/h2-10,16H,11-14H2,1H3,(H,19,22)(H,20,23)/b3-2+,10-5+. The van der Waals surface area contributed by atoms with Gasteiger partial charge in [-0.1, -0.05) is 36.4 Å². The average Bonchev–Trinajstić information content (AvgIpc) is 2.56. The maximum Gasteiger partial charge on any atom is 0.321 e. The van der Waals surface area contributed by atoms with Gasteiger partial charge < -0.3 is 15.5 Å². The molecule has 2 N–H and O–H groups in total. The predicted octanol–water partition coefficient (Wildman–Crippen LogP) is 2.93. The molecule has 1 fully saturated rings. The molecule has 5 nitrogen and oxygen atoms in total. The van der Waals surface area contributed by atoms with E-state index in [-0.39, 0.29) is 18.0 Å². The highest BCUT2D eigenvalue weighted by Gasteiger charge is 2.23. The number of para-hydroxylation sites is 1. The van der Waals surface area contributed by atoms with Gasteiger partial charge in [-0.15, -0.1) is 0 Å². The molecule has 0 bridgehead atoms. The fraction of sp³-hybridized carbons (Fsp3) is 0.333. The topological polar surface area (TPSA) is 61.4 Å². The van der Waals surface area contributed by atoms with E-state index in [1.165, 1.54) is 6.08 Å². The van der Waals surface area contributed by atoms with Crippen LogP contribution in [0.2, 0.25) is 0 Å². The summed E-state index contributed by atoms with van der Waals surface area (Å²) in [5.41, 5.74) is 0.794. The Morgan fingerprint density at radius 2 is 1.83 bits per heavy atom. The second kappa shape index (κ2) is 8.78. The van der Waals surface area contributed by atoms with E-state index in [0.717, 1.165) is 18.5 Å². The Morgan fingerprint density at radius 3 is 2.48 bits per heavy atom. The third-order valence-corrected chi connectivity index (χ3v) is 3.70. The fourth-order valence-corrected chi connectivity index (χ4v) is 2.45. The molecule has 2 rings (SSSR count). The summed E-state index contributed by atoms with van der Waals surface area (Å²) in [6.07, 6.45) is 8.47. The minimum Gasteiger partial charge on any atom is -0.350 e. The zero-order valence-electron chi connectivity index (χ0n) is 13.4. The summed E-state index contributed by atoms with van der Waals surface area (Å²) in [5, 5.41) is 5.85. The van der Waals surface area contributed by atoms with Gasteiger partial charge in [0.2, 0.25) is 5.91 Å². The molecule has 0 unspecified atom stereocenters. The number of hydrogen-bond acceptors (Lipinski definition) is 2. The molecule has 0 saturated carbocycles. The third kappa shape index (κ3) is 5.62. The van der Waals surface area contributed by atoms with Gasteiger partial charge in [-0.25, -0.2) is 4.79 Å². The number of likely N-dealkylation sites (tertiary alicyclic amines) is 1. The number of amides is 3. The molecule has 0 spiro atoms. The van der Waals surface area contributed by atoms with Gasteiger partial charge >= 0.3 is 6.03 Å². The lowest BCUT2D eigenvalue weighted by Crippen LogP contribution is -2.47. The number of nitrogens with one attached hydrogen (secondary N) is 2. The van der Waals surface area contributed by atoms with E-state index in [1.54, 1.807) is 11.0 Å². The number of rotatable bonds is 4. The summed E-state index contributed by atoms with van der Waals surface area (Å²) in [6.45, 7) is 3.18. The van der Waals surface area contributed by atoms with E-state index in [9.17, 15) is 9.59 Å². The first-order valence-electron chi connectivity index (χ1n) is 7.90. The van der Waals surface area contributed by atoms with Crippen LogP contribution in [-0.4, -0.2) is 36.0 Å². The van der Waals surface area contributed by atoms with Gasteiger partial charge in [-0.05, 0) is 31.9 Å². The van der Waals surface area contributed by atoms with Crippen molar-refractivity contribution in [1.82, 2.24) is 10.2 Å². The van der Waals surface area contributed by atoms with Crippen molar-refractivity contribution in [3.8, 4) is 0 Å². The molecule has 3 amide bonds. The van der Waals surface area contributed by atoms with Crippen molar-refractivity contribution in [2.75, 3.05) is 18.4 Å². The largest absolute Gasteiger partial charge is 0.350 e. The number of carbonyl (C=O) groups excluding carboxylic acids is 2. The van der Waals surface area contributed by atoms with Gasteiger partial charge in [-0.3, -0.25) is 4.79 Å². The SMILES string of the molecule is C/C=C/C=C/C(=O)NC1CCN(C(=O)Nc2ccccc2)CC1. The maximum atomic E-state index is 12.2. The highest BCUT2D eigenvalue weighted by molar-refractivity contribution is 5.89. The molecule has 1 aromatic carbocycles. The molecular weight excluding hydrogens is 290 g/mol. The van der Waals surface area contributed by atoms with Gasteiger partial charge in [0.1, 0.15) is 0 Å². The molecule has 0 aromatic heterocycles. The van der Waals surface area contributed by atoms with Gasteiger partial charge in [-0.2, -0.15) is 0 Å². The lowest BCUT2D eigenvalue weighted by molar-refractivity contribution is -0.117. The number of hydrogen-bond donors (Lipinski definition) is 2. The quantitative estimate of drug-likeness (QED) is 0.663. The number of benzene rings is 1. The Bertz CT molecular complexity index is 573. The van der Waals surface area contributed by atoms with E-state index >= 15 is 0 Å². The van der Waals surface area contributed by atoms with Crippen LogP contribution in [0.1, 0.15) is 19.8 Å². The number of piperidine rings is 1. The molecule has 1 heterocycles. The van der Waals surface area contributed by atoms with Crippen molar-refractivity contribution >= 4 is 17.6 Å². The van der Waals surface area contributed by atoms with E-state index in [4.69, 9.17) is 0 Å². The minimum absolute atomic E-state index is 0.0877. The Kier molecular flexibility index (Phi) is 6.41. The summed E-state index contributed by atoms with van der Waals surface area (Å²) in [6, 6.07) is 9.45. The first-order valence-corrected chi connectivity index (χ1v) is 7.90. The lowest BCUT2D eigenvalue weighted by Gasteiger charge is -2.32. The van der Waals surface area contributed by atoms with Gasteiger partial charge in [0.05, 0.1) is 0 Å². The van der Waals surface area contributed by atoms with E-state index in [2.05, 4.69) is 10.6 Å². The molecule has 0 radical (unpaired) electrons. The van der Waals surface area contributed by atoms with Gasteiger partial charge in [0.15, 0.2) is 0 Å². The van der Waals surface area contributed by atoms with Crippen molar-refractivity contribution < 1.29 is 9.59 Å². The van der Waals surface area contributed by atoms with Crippen LogP contribution >= 0.6 is 0 Å². The number of carbonyl (C=O) groups is 2. The molecule has 5 heteroatoms. The first-order chi connectivity index (χ1) is 11.2. The molecule has 1 aliphatic rings. The Labute approximate surface area is 137 Å². The minimum atomic E-state index is -0.0889. The third-order valence-electron chi connectivity index (χ3n) is 3.70. The summed E-state index contributed by atoms with van der Waals surface area (Å²) < 4.78 is 0. The van der Waals surface area contributed by atoms with E-state index < -0.39 is 0 Å². The van der Waals surface area contributed by atoms with Crippen molar-refractivity contribution in [2.45, 2.75) is 25.8 Å². The van der Waals surface area contributed by atoms with Crippen molar-refractivity contribution in [3.63, 3.8) is 0 Å². The molecule has 122 valence electrons. The predicted molar refractivity (Wildman–Crippen MR) is 92.2 cm³/mol. The number of allylic oxidation sites excluding steroid dienone is 3. The summed E-state index contributed by atoms with van der Waals surface area (Å²) in [5.74, 6) is -0.0877. The second-order valence-electron chi connectivity index (χ2n) is 5.45. The molecule has 0 aliphatic carbocycles. The zero-order valence-corrected chi connectivity index (χ0v) is 13.4. The average molecular weight is 313 g/mol. The van der Waals surface area contributed by atoms with E-state index in [0.29, 0.717) is 13.1 Å². The zero-order chi connectivity index (χ0) is 16.5. The van der Waals surface area contributed by atoms with Crippen LogP contribution in [0, 0.1) is 0 Å². The summed E-state index contributed by atoms with van der Waals surface area (Å²) in [4.78, 5) is 25.7. The molecule has 0 atom stereocenters. The summed E-state index contributed by atoms with van der Waals surface area (Å²) >= 11 is 0. The molecule has 1 aliphatic heterocycles. The van der Waals surface area contributed by atoms with Gasteiger partial charge in [0.25, 0.3) is 0 Å². The fourth-order valence-electron chi connectivity index (χ4n) is 2.45. The van der Waals surface area contributed by atoms with E-state index in [1.807, 2.05) is 49.4 Å². The maximum absolute atomic E-state index is 12.2. The molecular formula is C18H23N3O2. The van der Waals surface area contributed by atoms with Crippen molar-refractivity contribution in [1.29, 1.82) is 0 Å². The molecule has 1 saturated heterocycles. The lowest BCUT2D eigenvalue weighted by atomic mass is 10.1. The van der Waals surface area contributed by atoms with Crippen LogP contribution in [0.4, 0.5) is 10.5 Å². The Hall–Kier alpha value is -2.56. The van der Waals surface area contributed by atoms with Crippen LogP contribution < -0.4 is 10.6 Å².